The number of pyridine rings is 1. The van der Waals surface area contributed by atoms with Crippen molar-refractivity contribution in [2.24, 2.45) is 11.5 Å². The summed E-state index contributed by atoms with van der Waals surface area (Å²) in [5.74, 6) is -4.10. The van der Waals surface area contributed by atoms with Crippen LogP contribution in [0.15, 0.2) is 54.7 Å². The molecule has 0 spiro atoms. The zero-order chi connectivity index (χ0) is 26.9. The maximum absolute atomic E-state index is 11.6. The largest absolute Gasteiger partial charge is 0.490 e. The summed E-state index contributed by atoms with van der Waals surface area (Å²) in [6.45, 7) is 0. The molecule has 2 heterocycles. The first kappa shape index (κ1) is 28.5. The van der Waals surface area contributed by atoms with Crippen LogP contribution in [0.4, 0.5) is 13.2 Å². The van der Waals surface area contributed by atoms with Crippen LogP contribution in [0.25, 0.3) is 11.3 Å². The molecule has 1 aromatic carbocycles. The van der Waals surface area contributed by atoms with Crippen LogP contribution in [-0.2, 0) is 22.4 Å². The Kier molecular flexibility index (Phi) is 10.1. The second kappa shape index (κ2) is 12.8. The van der Waals surface area contributed by atoms with Gasteiger partial charge in [-0.2, -0.15) is 13.2 Å². The van der Waals surface area contributed by atoms with Crippen LogP contribution >= 0.6 is 11.3 Å². The number of benzene rings is 1. The van der Waals surface area contributed by atoms with E-state index < -0.39 is 24.2 Å². The molecule has 0 bridgehead atoms. The van der Waals surface area contributed by atoms with Crippen LogP contribution in [0.3, 0.4) is 0 Å². The zero-order valence-corrected chi connectivity index (χ0v) is 19.7. The number of alkyl halides is 3. The molecule has 0 saturated carbocycles. The molecular formula is C24H24F3N3O5S. The standard InChI is InChI=1S/C14H14N2OS.C8H9NO2.C2HF3O2/c15-14(17)13-12(10-6-3-4-8-16-10)9-5-1-2-7-11(9)18-13;9-7(8(10)11)6-4-2-1-3-5-6;3-2(4,5)1(6)7/h3-4,6,8H,1-2,5,7H2,(H2,15,17);1-5,7H,9H2,(H,10,11);(H,6,7)/t;7-;/m.0./s1. The highest BCUT2D eigenvalue weighted by molar-refractivity contribution is 7.14. The van der Waals surface area contributed by atoms with Crippen LogP contribution in [0, 0.1) is 0 Å². The van der Waals surface area contributed by atoms with E-state index in [0.29, 0.717) is 10.4 Å². The Morgan fingerprint density at radius 3 is 2.06 bits per heavy atom. The van der Waals surface area contributed by atoms with Crippen molar-refractivity contribution in [3.63, 3.8) is 0 Å². The second-order valence-corrected chi connectivity index (χ2v) is 8.63. The van der Waals surface area contributed by atoms with Crippen LogP contribution in [0.5, 0.6) is 0 Å². The van der Waals surface area contributed by atoms with Crippen molar-refractivity contribution in [3.05, 3.63) is 75.6 Å². The maximum Gasteiger partial charge on any atom is 0.490 e. The number of amides is 1. The van der Waals surface area contributed by atoms with E-state index >= 15 is 0 Å². The zero-order valence-electron chi connectivity index (χ0n) is 18.9. The fourth-order valence-corrected chi connectivity index (χ4v) is 4.57. The lowest BCUT2D eigenvalue weighted by molar-refractivity contribution is -0.192. The molecule has 3 aromatic rings. The molecule has 0 unspecified atom stereocenters. The summed E-state index contributed by atoms with van der Waals surface area (Å²) in [5.41, 5.74) is 14.6. The minimum atomic E-state index is -5.08. The summed E-state index contributed by atoms with van der Waals surface area (Å²) in [6.07, 6.45) is 1.15. The molecule has 0 radical (unpaired) electrons. The van der Waals surface area contributed by atoms with E-state index in [2.05, 4.69) is 4.98 Å². The Morgan fingerprint density at radius 1 is 0.972 bits per heavy atom. The number of aryl methyl sites for hydroxylation is 1. The molecule has 0 saturated heterocycles. The van der Waals surface area contributed by atoms with E-state index in [-0.39, 0.29) is 5.91 Å². The number of thiophene rings is 1. The minimum Gasteiger partial charge on any atom is -0.480 e. The smallest absolute Gasteiger partial charge is 0.480 e. The number of halogens is 3. The first-order valence-electron chi connectivity index (χ1n) is 10.6. The lowest BCUT2D eigenvalue weighted by atomic mass is 9.93. The monoisotopic (exact) mass is 523 g/mol. The van der Waals surface area contributed by atoms with Crippen molar-refractivity contribution in [1.29, 1.82) is 0 Å². The molecule has 1 atom stereocenters. The number of nitrogens with two attached hydrogens (primary N) is 2. The highest BCUT2D eigenvalue weighted by atomic mass is 32.1. The number of aliphatic carboxylic acids is 2. The third-order valence-corrected chi connectivity index (χ3v) is 6.29. The molecule has 1 aliphatic carbocycles. The molecule has 2 aromatic heterocycles. The van der Waals surface area contributed by atoms with Gasteiger partial charge in [-0.05, 0) is 48.9 Å². The number of primary amides is 1. The molecular weight excluding hydrogens is 499 g/mol. The number of carbonyl (C=O) groups excluding carboxylic acids is 1. The lowest BCUT2D eigenvalue weighted by Gasteiger charge is -2.12. The van der Waals surface area contributed by atoms with Gasteiger partial charge in [-0.25, -0.2) is 4.79 Å². The van der Waals surface area contributed by atoms with Gasteiger partial charge in [0.15, 0.2) is 0 Å². The van der Waals surface area contributed by atoms with E-state index in [1.165, 1.54) is 23.3 Å². The molecule has 8 nitrogen and oxygen atoms in total. The van der Waals surface area contributed by atoms with Crippen LogP contribution < -0.4 is 11.5 Å². The first-order valence-corrected chi connectivity index (χ1v) is 11.4. The van der Waals surface area contributed by atoms with E-state index in [4.69, 9.17) is 26.5 Å². The number of carboxylic acids is 2. The summed E-state index contributed by atoms with van der Waals surface area (Å²) in [7, 11) is 0. The van der Waals surface area contributed by atoms with Crippen molar-refractivity contribution in [2.75, 3.05) is 0 Å². The number of fused-ring (bicyclic) bond motifs is 1. The summed E-state index contributed by atoms with van der Waals surface area (Å²) in [6, 6.07) is 13.6. The van der Waals surface area contributed by atoms with Gasteiger partial charge in [-0.1, -0.05) is 36.4 Å². The molecule has 1 aliphatic rings. The number of carbonyl (C=O) groups is 3. The van der Waals surface area contributed by atoms with Crippen molar-refractivity contribution in [1.82, 2.24) is 4.98 Å². The average Bonchev–Trinajstić information content (AvgIpc) is 3.25. The van der Waals surface area contributed by atoms with Crippen LogP contribution in [0.2, 0.25) is 0 Å². The number of nitrogens with zero attached hydrogens (tertiary/aromatic N) is 1. The summed E-state index contributed by atoms with van der Waals surface area (Å²) < 4.78 is 31.7. The van der Waals surface area contributed by atoms with Crippen LogP contribution in [-0.4, -0.2) is 39.2 Å². The van der Waals surface area contributed by atoms with Crippen molar-refractivity contribution in [2.45, 2.75) is 37.9 Å². The van der Waals surface area contributed by atoms with Gasteiger partial charge < -0.3 is 21.7 Å². The van der Waals surface area contributed by atoms with E-state index in [1.54, 1.807) is 41.8 Å². The third-order valence-electron chi connectivity index (χ3n) is 4.98. The predicted molar refractivity (Wildman–Crippen MR) is 127 cm³/mol. The Balaban J connectivity index is 0.000000217. The fourth-order valence-electron chi connectivity index (χ4n) is 3.32. The first-order chi connectivity index (χ1) is 16.9. The molecule has 192 valence electrons. The number of carboxylic acid groups (broad SMARTS) is 2. The second-order valence-electron chi connectivity index (χ2n) is 7.52. The van der Waals surface area contributed by atoms with Gasteiger partial charge in [0.1, 0.15) is 10.9 Å². The predicted octanol–water partition coefficient (Wildman–Crippen LogP) is 4.19. The molecule has 0 fully saturated rings. The van der Waals surface area contributed by atoms with E-state index in [0.717, 1.165) is 24.1 Å². The number of aromatic nitrogens is 1. The van der Waals surface area contributed by atoms with Crippen molar-refractivity contribution >= 4 is 29.2 Å². The highest BCUT2D eigenvalue weighted by Gasteiger charge is 2.38. The number of rotatable bonds is 4. The SMILES string of the molecule is NC(=O)c1sc2c(c1-c1ccccn1)CCCC2.N[C@H](C(=O)O)c1ccccc1.O=C(O)C(F)(F)F. The van der Waals surface area contributed by atoms with Gasteiger partial charge in [-0.15, -0.1) is 11.3 Å². The van der Waals surface area contributed by atoms with Crippen molar-refractivity contribution < 1.29 is 37.8 Å². The summed E-state index contributed by atoms with van der Waals surface area (Å²) >= 11 is 1.55. The van der Waals surface area contributed by atoms with Gasteiger partial charge in [0.2, 0.25) is 0 Å². The Hall–Kier alpha value is -3.77. The normalized spacial score (nSPS) is 13.1. The summed E-state index contributed by atoms with van der Waals surface area (Å²) in [4.78, 5) is 37.2. The molecule has 0 aliphatic heterocycles. The molecule has 36 heavy (non-hydrogen) atoms. The van der Waals surface area contributed by atoms with Crippen LogP contribution in [0.1, 0.15) is 44.6 Å². The number of hydrogen-bond acceptors (Lipinski definition) is 6. The van der Waals surface area contributed by atoms with Gasteiger partial charge in [-0.3, -0.25) is 14.6 Å². The van der Waals surface area contributed by atoms with E-state index in [9.17, 15) is 22.8 Å². The van der Waals surface area contributed by atoms with Gasteiger partial charge in [0.05, 0.1) is 5.69 Å². The number of hydrogen-bond donors (Lipinski definition) is 4. The lowest BCUT2D eigenvalue weighted by Crippen LogP contribution is -2.21. The third kappa shape index (κ3) is 7.89. The van der Waals surface area contributed by atoms with Gasteiger partial charge >= 0.3 is 18.1 Å². The van der Waals surface area contributed by atoms with Gasteiger partial charge in [0, 0.05) is 16.6 Å². The quantitative estimate of drug-likeness (QED) is 0.399. The van der Waals surface area contributed by atoms with E-state index in [1.807, 2.05) is 24.3 Å². The fraction of sp³-hybridized carbons (Fsp3) is 0.250. The Bertz CT molecular complexity index is 1180. The highest BCUT2D eigenvalue weighted by Crippen LogP contribution is 2.39. The molecule has 12 heteroatoms. The maximum atomic E-state index is 11.6. The average molecular weight is 524 g/mol. The van der Waals surface area contributed by atoms with Gasteiger partial charge in [0.25, 0.3) is 5.91 Å². The Morgan fingerprint density at radius 2 is 1.56 bits per heavy atom. The molecule has 6 N–H and O–H groups in total. The Labute approximate surface area is 208 Å². The molecule has 4 rings (SSSR count). The minimum absolute atomic E-state index is 0.338. The van der Waals surface area contributed by atoms with Crippen molar-refractivity contribution in [3.8, 4) is 11.3 Å². The summed E-state index contributed by atoms with van der Waals surface area (Å²) in [5, 5.41) is 15.6. The topological polar surface area (TPSA) is 157 Å². The molecule has 1 amide bonds.